The lowest BCUT2D eigenvalue weighted by Gasteiger charge is -2.39. The number of rotatable bonds is 4. The molecule has 0 bridgehead atoms. The summed E-state index contributed by atoms with van der Waals surface area (Å²) >= 11 is 0. The highest BCUT2D eigenvalue weighted by Gasteiger charge is 2.31. The van der Waals surface area contributed by atoms with Gasteiger partial charge in [-0.25, -0.2) is 0 Å². The number of hydrogen-bond donors (Lipinski definition) is 1. The van der Waals surface area contributed by atoms with Gasteiger partial charge in [0.2, 0.25) is 0 Å². The van der Waals surface area contributed by atoms with E-state index in [0.717, 1.165) is 17.7 Å². The first kappa shape index (κ1) is 14.9. The summed E-state index contributed by atoms with van der Waals surface area (Å²) in [5, 5.41) is 3.70. The summed E-state index contributed by atoms with van der Waals surface area (Å²) < 4.78 is 5.37. The van der Waals surface area contributed by atoms with Gasteiger partial charge in [-0.15, -0.1) is 0 Å². The lowest BCUT2D eigenvalue weighted by atomic mass is 9.88. The monoisotopic (exact) mass is 288 g/mol. The molecule has 1 N–H and O–H groups in total. The second-order valence-electron chi connectivity index (χ2n) is 6.55. The topological polar surface area (TPSA) is 24.5 Å². The minimum atomic E-state index is 0.476. The molecule has 0 aliphatic carbocycles. The largest absolute Gasteiger partial charge is 0.497 e. The Morgan fingerprint density at radius 2 is 2.19 bits per heavy atom. The Morgan fingerprint density at radius 3 is 2.95 bits per heavy atom. The summed E-state index contributed by atoms with van der Waals surface area (Å²) in [6.07, 6.45) is 5.44. The van der Waals surface area contributed by atoms with Crippen LogP contribution in [0.5, 0.6) is 5.75 Å². The van der Waals surface area contributed by atoms with Gasteiger partial charge in [0.15, 0.2) is 0 Å². The Balaban J connectivity index is 1.66. The van der Waals surface area contributed by atoms with Crippen molar-refractivity contribution in [3.8, 4) is 5.75 Å². The Kier molecular flexibility index (Phi) is 4.81. The number of nitrogens with one attached hydrogen (secondary N) is 1. The van der Waals surface area contributed by atoms with Crippen molar-refractivity contribution in [2.75, 3.05) is 26.7 Å². The number of piperidine rings is 1. The van der Waals surface area contributed by atoms with Crippen LogP contribution in [-0.4, -0.2) is 37.7 Å². The van der Waals surface area contributed by atoms with E-state index >= 15 is 0 Å². The third-order valence-electron chi connectivity index (χ3n) is 5.28. The number of ether oxygens (including phenoxy) is 1. The quantitative estimate of drug-likeness (QED) is 0.920. The van der Waals surface area contributed by atoms with Gasteiger partial charge in [-0.3, -0.25) is 4.90 Å². The van der Waals surface area contributed by atoms with Crippen LogP contribution < -0.4 is 10.1 Å². The molecule has 0 aromatic heterocycles. The molecule has 2 fully saturated rings. The third kappa shape index (κ3) is 3.41. The maximum atomic E-state index is 5.37. The minimum Gasteiger partial charge on any atom is -0.497 e. The van der Waals surface area contributed by atoms with E-state index < -0.39 is 0 Å². The molecule has 3 heteroatoms. The van der Waals surface area contributed by atoms with E-state index in [1.165, 1.54) is 50.9 Å². The molecule has 1 aromatic carbocycles. The highest BCUT2D eigenvalue weighted by molar-refractivity contribution is 5.30. The molecule has 2 heterocycles. The maximum Gasteiger partial charge on any atom is 0.119 e. The maximum absolute atomic E-state index is 5.37. The Bertz CT molecular complexity index is 456. The zero-order valence-corrected chi connectivity index (χ0v) is 13.3. The third-order valence-corrected chi connectivity index (χ3v) is 5.28. The van der Waals surface area contributed by atoms with E-state index in [0.29, 0.717) is 6.04 Å². The number of hydrogen-bond acceptors (Lipinski definition) is 3. The zero-order chi connectivity index (χ0) is 14.7. The summed E-state index contributed by atoms with van der Waals surface area (Å²) in [4.78, 5) is 2.66. The molecule has 0 radical (unpaired) electrons. The van der Waals surface area contributed by atoms with Crippen LogP contribution in [0, 0.1) is 5.92 Å². The number of nitrogens with zero attached hydrogens (tertiary/aromatic N) is 1. The minimum absolute atomic E-state index is 0.476. The fraction of sp³-hybridized carbons (Fsp3) is 0.667. The molecule has 2 saturated heterocycles. The highest BCUT2D eigenvalue weighted by Crippen LogP contribution is 2.31. The molecule has 0 amide bonds. The van der Waals surface area contributed by atoms with Crippen molar-refractivity contribution < 1.29 is 4.74 Å². The highest BCUT2D eigenvalue weighted by atomic mass is 16.5. The van der Waals surface area contributed by atoms with Crippen molar-refractivity contribution in [2.24, 2.45) is 5.92 Å². The zero-order valence-electron chi connectivity index (χ0n) is 13.3. The van der Waals surface area contributed by atoms with Crippen LogP contribution in [0.25, 0.3) is 0 Å². The van der Waals surface area contributed by atoms with Crippen LogP contribution in [0.1, 0.15) is 44.2 Å². The summed E-state index contributed by atoms with van der Waals surface area (Å²) in [6, 6.07) is 9.77. The number of benzene rings is 1. The average Bonchev–Trinajstić information content (AvgIpc) is 3.09. The van der Waals surface area contributed by atoms with Crippen LogP contribution in [0.15, 0.2) is 24.3 Å². The predicted octanol–water partition coefficient (Wildman–Crippen LogP) is 3.22. The first-order valence-corrected chi connectivity index (χ1v) is 8.39. The first-order valence-electron chi connectivity index (χ1n) is 8.39. The normalized spacial score (nSPS) is 28.5. The fourth-order valence-corrected chi connectivity index (χ4v) is 3.95. The molecular formula is C18H28N2O. The molecule has 3 nitrogen and oxygen atoms in total. The first-order chi connectivity index (χ1) is 10.3. The van der Waals surface area contributed by atoms with Gasteiger partial charge in [0.25, 0.3) is 0 Å². The van der Waals surface area contributed by atoms with E-state index in [2.05, 4.69) is 35.3 Å². The summed E-state index contributed by atoms with van der Waals surface area (Å²) in [5.41, 5.74) is 1.37. The molecule has 116 valence electrons. The molecule has 0 saturated carbocycles. The summed E-state index contributed by atoms with van der Waals surface area (Å²) in [6.45, 7) is 6.00. The molecule has 21 heavy (non-hydrogen) atoms. The molecule has 2 aliphatic rings. The van der Waals surface area contributed by atoms with E-state index in [-0.39, 0.29) is 0 Å². The fourth-order valence-electron chi connectivity index (χ4n) is 3.95. The van der Waals surface area contributed by atoms with Crippen LogP contribution in [-0.2, 0) is 0 Å². The SMILES string of the molecule is COc1cccc(C(C)N2CCCC(C3CCCN3)C2)c1. The van der Waals surface area contributed by atoms with Crippen molar-refractivity contribution in [1.29, 1.82) is 0 Å². The molecule has 3 rings (SSSR count). The summed E-state index contributed by atoms with van der Waals surface area (Å²) in [7, 11) is 1.74. The summed E-state index contributed by atoms with van der Waals surface area (Å²) in [5.74, 6) is 1.79. The van der Waals surface area contributed by atoms with Gasteiger partial charge in [-0.05, 0) is 69.3 Å². The number of methoxy groups -OCH3 is 1. The van der Waals surface area contributed by atoms with Crippen LogP contribution in [0.2, 0.25) is 0 Å². The predicted molar refractivity (Wildman–Crippen MR) is 86.7 cm³/mol. The molecule has 3 unspecified atom stereocenters. The molecular weight excluding hydrogens is 260 g/mol. The van der Waals surface area contributed by atoms with E-state index in [9.17, 15) is 0 Å². The van der Waals surface area contributed by atoms with Crippen LogP contribution in [0.4, 0.5) is 0 Å². The molecule has 0 spiro atoms. The lowest BCUT2D eigenvalue weighted by Crippen LogP contribution is -2.44. The van der Waals surface area contributed by atoms with E-state index in [1.54, 1.807) is 7.11 Å². The van der Waals surface area contributed by atoms with Crippen LogP contribution >= 0.6 is 0 Å². The van der Waals surface area contributed by atoms with Crippen molar-refractivity contribution in [3.63, 3.8) is 0 Å². The van der Waals surface area contributed by atoms with Gasteiger partial charge in [0.1, 0.15) is 5.75 Å². The van der Waals surface area contributed by atoms with Gasteiger partial charge < -0.3 is 10.1 Å². The second-order valence-corrected chi connectivity index (χ2v) is 6.55. The molecule has 3 atom stereocenters. The van der Waals surface area contributed by atoms with Crippen molar-refractivity contribution >= 4 is 0 Å². The Morgan fingerprint density at radius 1 is 1.29 bits per heavy atom. The lowest BCUT2D eigenvalue weighted by molar-refractivity contribution is 0.114. The van der Waals surface area contributed by atoms with Crippen molar-refractivity contribution in [1.82, 2.24) is 10.2 Å². The molecule has 2 aliphatic heterocycles. The Labute approximate surface area is 128 Å². The number of likely N-dealkylation sites (tertiary alicyclic amines) is 1. The van der Waals surface area contributed by atoms with Crippen molar-refractivity contribution in [3.05, 3.63) is 29.8 Å². The average molecular weight is 288 g/mol. The van der Waals surface area contributed by atoms with Gasteiger partial charge >= 0.3 is 0 Å². The van der Waals surface area contributed by atoms with Gasteiger partial charge in [-0.2, -0.15) is 0 Å². The van der Waals surface area contributed by atoms with E-state index in [1.807, 2.05) is 6.07 Å². The van der Waals surface area contributed by atoms with E-state index in [4.69, 9.17) is 4.74 Å². The smallest absolute Gasteiger partial charge is 0.119 e. The van der Waals surface area contributed by atoms with Crippen molar-refractivity contribution in [2.45, 2.75) is 44.7 Å². The Hall–Kier alpha value is -1.06. The van der Waals surface area contributed by atoms with Gasteiger partial charge in [-0.1, -0.05) is 12.1 Å². The second kappa shape index (κ2) is 6.80. The standard InChI is InChI=1S/C18H28N2O/c1-14(15-6-3-8-17(12-15)21-2)20-11-5-7-16(13-20)18-9-4-10-19-18/h3,6,8,12,14,16,18-19H,4-5,7,9-11,13H2,1-2H3. The van der Waals surface area contributed by atoms with Crippen LogP contribution in [0.3, 0.4) is 0 Å². The molecule has 1 aromatic rings. The van der Waals surface area contributed by atoms with Gasteiger partial charge in [0.05, 0.1) is 7.11 Å². The van der Waals surface area contributed by atoms with Gasteiger partial charge in [0, 0.05) is 18.6 Å².